The fourth-order valence-electron chi connectivity index (χ4n) is 2.40. The summed E-state index contributed by atoms with van der Waals surface area (Å²) in [6.07, 6.45) is 4.32. The molecule has 2 heterocycles. The first-order valence-corrected chi connectivity index (χ1v) is 11.0. The predicted octanol–water partition coefficient (Wildman–Crippen LogP) is 5.31. The van der Waals surface area contributed by atoms with Gasteiger partial charge in [0.2, 0.25) is 5.95 Å². The first-order valence-electron chi connectivity index (χ1n) is 8.90. The summed E-state index contributed by atoms with van der Waals surface area (Å²) in [7, 11) is 1.94. The number of benzene rings is 1. The maximum absolute atomic E-state index is 11.3. The Morgan fingerprint density at radius 1 is 1.20 bits per heavy atom. The van der Waals surface area contributed by atoms with Crippen LogP contribution in [0.25, 0.3) is 11.1 Å². The number of thiazole rings is 1. The number of nitrogens with zero attached hydrogens (tertiary/aromatic N) is 4. The Morgan fingerprint density at radius 2 is 1.83 bits per heavy atom. The van der Waals surface area contributed by atoms with Gasteiger partial charge in [-0.1, -0.05) is 35.5 Å². The molecule has 0 spiro atoms. The highest BCUT2D eigenvalue weighted by Crippen LogP contribution is 2.34. The molecule has 1 N–H and O–H groups in total. The summed E-state index contributed by atoms with van der Waals surface area (Å²) >= 11 is 8.67. The molecule has 0 bridgehead atoms. The molecule has 3 rings (SSSR count). The molecule has 0 aliphatic carbocycles. The Labute approximate surface area is 195 Å². The van der Waals surface area contributed by atoms with Crippen molar-refractivity contribution in [2.75, 3.05) is 18.5 Å². The highest BCUT2D eigenvalue weighted by atomic mass is 35.5. The largest absolute Gasteiger partial charge is 0.480 e. The summed E-state index contributed by atoms with van der Waals surface area (Å²) in [6, 6.07) is 7.56. The molecule has 0 aliphatic heterocycles. The van der Waals surface area contributed by atoms with Gasteiger partial charge in [-0.25, -0.2) is 15.0 Å². The van der Waals surface area contributed by atoms with Crippen LogP contribution in [0.4, 0.5) is 5.95 Å². The van der Waals surface area contributed by atoms with Gasteiger partial charge in [0, 0.05) is 48.4 Å². The predicted molar refractivity (Wildman–Crippen MR) is 126 cm³/mol. The number of anilines is 1. The van der Waals surface area contributed by atoms with Crippen LogP contribution in [0.3, 0.4) is 0 Å². The molecular formula is C20H22Cl2N4O2S2. The zero-order chi connectivity index (χ0) is 21.0. The lowest BCUT2D eigenvalue weighted by Gasteiger charge is -2.17. The van der Waals surface area contributed by atoms with Crippen molar-refractivity contribution in [3.63, 3.8) is 0 Å². The molecule has 0 atom stereocenters. The number of likely N-dealkylation sites (N-methyl/N-ethyl adjacent to an activating group) is 1. The minimum absolute atomic E-state index is 0. The maximum Gasteiger partial charge on any atom is 0.319 e. The average Bonchev–Trinajstić information content (AvgIpc) is 3.13. The number of thioether (sulfide) groups is 1. The smallest absolute Gasteiger partial charge is 0.319 e. The Balaban J connectivity index is 0.00000320. The second-order valence-corrected chi connectivity index (χ2v) is 10.1. The Morgan fingerprint density at radius 3 is 2.43 bits per heavy atom. The lowest BCUT2D eigenvalue weighted by atomic mass is 10.1. The van der Waals surface area contributed by atoms with Crippen LogP contribution in [0.5, 0.6) is 0 Å². The third-order valence-corrected chi connectivity index (χ3v) is 6.67. The molecule has 2 aromatic heterocycles. The van der Waals surface area contributed by atoms with Gasteiger partial charge in [0.1, 0.15) is 4.75 Å². The second kappa shape index (κ2) is 10.4. The molecule has 30 heavy (non-hydrogen) atoms. The summed E-state index contributed by atoms with van der Waals surface area (Å²) < 4.78 is -0.135. The van der Waals surface area contributed by atoms with Crippen LogP contribution in [-0.4, -0.2) is 44.4 Å². The van der Waals surface area contributed by atoms with E-state index in [0.717, 1.165) is 27.6 Å². The van der Waals surface area contributed by atoms with Gasteiger partial charge in [-0.15, -0.1) is 23.7 Å². The zero-order valence-electron chi connectivity index (χ0n) is 16.7. The monoisotopic (exact) mass is 484 g/mol. The molecule has 0 radical (unpaired) electrons. The highest BCUT2D eigenvalue weighted by Gasteiger charge is 2.29. The van der Waals surface area contributed by atoms with E-state index in [4.69, 9.17) is 11.6 Å². The van der Waals surface area contributed by atoms with Crippen molar-refractivity contribution >= 4 is 59.0 Å². The Bertz CT molecular complexity index is 979. The van der Waals surface area contributed by atoms with E-state index in [1.165, 1.54) is 23.1 Å². The highest BCUT2D eigenvalue weighted by molar-refractivity contribution is 8.02. The molecule has 0 unspecified atom stereocenters. The molecule has 0 saturated carbocycles. The van der Waals surface area contributed by atoms with E-state index in [1.807, 2.05) is 41.6 Å². The summed E-state index contributed by atoms with van der Waals surface area (Å²) in [5.74, 6) is -0.210. The van der Waals surface area contributed by atoms with Crippen LogP contribution in [0.1, 0.15) is 19.5 Å². The number of hydrogen-bond donors (Lipinski definition) is 1. The number of rotatable bonds is 8. The van der Waals surface area contributed by atoms with Crippen LogP contribution >= 0.6 is 47.1 Å². The van der Waals surface area contributed by atoms with Crippen molar-refractivity contribution in [1.82, 2.24) is 15.0 Å². The Hall–Kier alpha value is -1.87. The van der Waals surface area contributed by atoms with Crippen LogP contribution in [0, 0.1) is 0 Å². The van der Waals surface area contributed by atoms with E-state index >= 15 is 0 Å². The van der Waals surface area contributed by atoms with Crippen LogP contribution in [-0.2, 0) is 11.2 Å². The van der Waals surface area contributed by atoms with E-state index in [1.54, 1.807) is 26.2 Å². The number of hydrogen-bond acceptors (Lipinski definition) is 7. The number of halogens is 2. The molecule has 0 aliphatic rings. The standard InChI is InChI=1S/C20H21ClN4O2S2.ClH/c1-20(2,17(26)27)29-19-24-16(12-28-19)8-9-25(3)18-22-10-14(11-23-18)13-4-6-15(21)7-5-13;/h4-7,10-12H,8-9H2,1-3H3,(H,26,27);1H. The van der Waals surface area contributed by atoms with E-state index in [-0.39, 0.29) is 12.4 Å². The molecule has 3 aromatic rings. The lowest BCUT2D eigenvalue weighted by molar-refractivity contribution is -0.138. The van der Waals surface area contributed by atoms with Crippen LogP contribution in [0.15, 0.2) is 46.4 Å². The first kappa shape index (κ1) is 24.4. The van der Waals surface area contributed by atoms with Gasteiger partial charge < -0.3 is 10.0 Å². The minimum atomic E-state index is -0.897. The lowest BCUT2D eigenvalue weighted by Crippen LogP contribution is -2.26. The van der Waals surface area contributed by atoms with Gasteiger partial charge in [-0.05, 0) is 31.5 Å². The third kappa shape index (κ3) is 6.31. The van der Waals surface area contributed by atoms with Crippen molar-refractivity contribution in [1.29, 1.82) is 0 Å². The second-order valence-electron chi connectivity index (χ2n) is 6.97. The van der Waals surface area contributed by atoms with Gasteiger partial charge >= 0.3 is 5.97 Å². The van der Waals surface area contributed by atoms with Crippen molar-refractivity contribution in [3.8, 4) is 11.1 Å². The number of carboxylic acid groups (broad SMARTS) is 1. The molecule has 160 valence electrons. The molecule has 0 fully saturated rings. The van der Waals surface area contributed by atoms with Gasteiger partial charge in [-0.2, -0.15) is 0 Å². The quantitative estimate of drug-likeness (QED) is 0.433. The Kier molecular flexibility index (Phi) is 8.49. The van der Waals surface area contributed by atoms with Crippen LogP contribution in [0.2, 0.25) is 5.02 Å². The first-order chi connectivity index (χ1) is 13.7. The number of aliphatic carboxylic acids is 1. The molecule has 0 saturated heterocycles. The summed E-state index contributed by atoms with van der Waals surface area (Å²) in [6.45, 7) is 4.07. The SMILES string of the molecule is CN(CCc1csc(SC(C)(C)C(=O)O)n1)c1ncc(-c2ccc(Cl)cc2)cn1.Cl. The summed E-state index contributed by atoms with van der Waals surface area (Å²) in [5, 5.41) is 11.9. The van der Waals surface area contributed by atoms with E-state index < -0.39 is 10.7 Å². The summed E-state index contributed by atoms with van der Waals surface area (Å²) in [4.78, 5) is 26.7. The molecule has 1 aromatic carbocycles. The molecular weight excluding hydrogens is 463 g/mol. The third-order valence-electron chi connectivity index (χ3n) is 4.25. The number of carbonyl (C=O) groups is 1. The van der Waals surface area contributed by atoms with Gasteiger partial charge in [0.15, 0.2) is 4.34 Å². The van der Waals surface area contributed by atoms with Crippen molar-refractivity contribution in [3.05, 3.63) is 52.8 Å². The fraction of sp³-hybridized carbons (Fsp3) is 0.300. The number of aromatic nitrogens is 3. The average molecular weight is 485 g/mol. The van der Waals surface area contributed by atoms with E-state index in [0.29, 0.717) is 17.5 Å². The zero-order valence-corrected chi connectivity index (χ0v) is 19.9. The van der Waals surface area contributed by atoms with E-state index in [2.05, 4.69) is 15.0 Å². The van der Waals surface area contributed by atoms with Crippen LogP contribution < -0.4 is 4.90 Å². The molecule has 0 amide bonds. The van der Waals surface area contributed by atoms with Gasteiger partial charge in [0.05, 0.1) is 5.69 Å². The van der Waals surface area contributed by atoms with Crippen molar-refractivity contribution in [2.24, 2.45) is 0 Å². The molecule has 10 heteroatoms. The summed E-state index contributed by atoms with van der Waals surface area (Å²) in [5.41, 5.74) is 2.88. The van der Waals surface area contributed by atoms with Crippen molar-refractivity contribution < 1.29 is 9.90 Å². The number of carboxylic acids is 1. The van der Waals surface area contributed by atoms with Gasteiger partial charge in [-0.3, -0.25) is 4.79 Å². The van der Waals surface area contributed by atoms with E-state index in [9.17, 15) is 9.90 Å². The molecule has 6 nitrogen and oxygen atoms in total. The van der Waals surface area contributed by atoms with Crippen molar-refractivity contribution in [2.45, 2.75) is 29.4 Å². The fourth-order valence-corrected chi connectivity index (χ4v) is 4.76. The maximum atomic E-state index is 11.3. The normalized spacial score (nSPS) is 11.1. The topological polar surface area (TPSA) is 79.2 Å². The minimum Gasteiger partial charge on any atom is -0.480 e. The van der Waals surface area contributed by atoms with Gasteiger partial charge in [0.25, 0.3) is 0 Å².